The van der Waals surface area contributed by atoms with E-state index in [9.17, 15) is 17.2 Å². The van der Waals surface area contributed by atoms with E-state index in [1.807, 2.05) is 48.5 Å². The highest BCUT2D eigenvalue weighted by molar-refractivity contribution is 9.10. The van der Waals surface area contributed by atoms with Crippen LogP contribution in [0, 0.1) is 0 Å². The zero-order valence-electron chi connectivity index (χ0n) is 20.0. The maximum absolute atomic E-state index is 11.4. The van der Waals surface area contributed by atoms with Crippen molar-refractivity contribution in [2.75, 3.05) is 35.2 Å². The summed E-state index contributed by atoms with van der Waals surface area (Å²) in [5.41, 5.74) is 1.88. The number of halogens is 1. The van der Waals surface area contributed by atoms with Gasteiger partial charge in [-0.2, -0.15) is 12.6 Å². The molecule has 5 rings (SSSR count). The van der Waals surface area contributed by atoms with Gasteiger partial charge in [0.15, 0.2) is 6.23 Å². The van der Waals surface area contributed by atoms with Crippen molar-refractivity contribution in [2.45, 2.75) is 24.0 Å². The molecule has 2 aliphatic heterocycles. The quantitative estimate of drug-likeness (QED) is 0.169. The number of nitrogens with zero attached hydrogens (tertiary/aromatic N) is 2. The van der Waals surface area contributed by atoms with Crippen molar-refractivity contribution in [3.8, 4) is 5.75 Å². The lowest BCUT2D eigenvalue weighted by molar-refractivity contribution is 0.263. The van der Waals surface area contributed by atoms with E-state index in [1.165, 1.54) is 0 Å². The monoisotopic (exact) mass is 640 g/mol. The van der Waals surface area contributed by atoms with Crippen molar-refractivity contribution in [2.24, 2.45) is 0 Å². The molecule has 0 saturated heterocycles. The van der Waals surface area contributed by atoms with Gasteiger partial charge in [0.2, 0.25) is 0 Å². The van der Waals surface area contributed by atoms with Crippen LogP contribution in [-0.2, 0) is 25.7 Å². The lowest BCUT2D eigenvalue weighted by Gasteiger charge is -2.26. The second kappa shape index (κ2) is 11.5. The predicted octanol–water partition coefficient (Wildman–Crippen LogP) is 5.40. The highest BCUT2D eigenvalue weighted by atomic mass is 79.9. The minimum Gasteiger partial charge on any atom is -0.465 e. The molecule has 0 amide bonds. The summed E-state index contributed by atoms with van der Waals surface area (Å²) >= 11 is 2.78. The van der Waals surface area contributed by atoms with Gasteiger partial charge in [-0.1, -0.05) is 58.0 Å². The summed E-state index contributed by atoms with van der Waals surface area (Å²) in [4.78, 5) is 5.20. The zero-order chi connectivity index (χ0) is 26.9. The summed E-state index contributed by atoms with van der Waals surface area (Å²) in [5.74, 6) is 0.379. The first-order valence-electron chi connectivity index (χ1n) is 11.8. The van der Waals surface area contributed by atoms with Crippen LogP contribution in [0.5, 0.6) is 5.75 Å². The SMILES string of the molecule is O=S(O)OCCCN1c2cc(Br)ccc2OC1C=C1Sc2ccc3ccccc3c2N1CCCS(=O)(=O)O. The summed E-state index contributed by atoms with van der Waals surface area (Å²) in [6.07, 6.45) is 2.28. The second-order valence-corrected chi connectivity index (χ2v) is 13.0. The third kappa shape index (κ3) is 6.19. The van der Waals surface area contributed by atoms with E-state index in [2.05, 4.69) is 37.9 Å². The van der Waals surface area contributed by atoms with E-state index in [0.717, 1.165) is 36.5 Å². The summed E-state index contributed by atoms with van der Waals surface area (Å²) < 4.78 is 64.0. The topological polar surface area (TPSA) is 117 Å². The fraction of sp³-hybridized carbons (Fsp3) is 0.280. The van der Waals surface area contributed by atoms with Gasteiger partial charge in [0, 0.05) is 33.9 Å². The Bertz CT molecular complexity index is 1520. The molecule has 0 aromatic heterocycles. The van der Waals surface area contributed by atoms with Crippen LogP contribution in [0.1, 0.15) is 12.8 Å². The van der Waals surface area contributed by atoms with Crippen LogP contribution in [0.25, 0.3) is 10.8 Å². The van der Waals surface area contributed by atoms with Crippen LogP contribution in [0.2, 0.25) is 0 Å². The number of hydrogen-bond donors (Lipinski definition) is 2. The summed E-state index contributed by atoms with van der Waals surface area (Å²) in [6, 6.07) is 17.9. The Kier molecular flexibility index (Phi) is 8.33. The average molecular weight is 642 g/mol. The highest BCUT2D eigenvalue weighted by Crippen LogP contribution is 2.50. The van der Waals surface area contributed by atoms with Crippen molar-refractivity contribution in [1.82, 2.24) is 0 Å². The Morgan fingerprint density at radius 1 is 1.13 bits per heavy atom. The van der Waals surface area contributed by atoms with Crippen molar-refractivity contribution < 1.29 is 30.7 Å². The van der Waals surface area contributed by atoms with Crippen LogP contribution in [0.15, 0.2) is 75.1 Å². The number of hydrogen-bond acceptors (Lipinski definition) is 8. The molecule has 0 aliphatic carbocycles. The molecule has 3 aromatic rings. The van der Waals surface area contributed by atoms with E-state index in [4.69, 9.17) is 13.5 Å². The molecule has 202 valence electrons. The van der Waals surface area contributed by atoms with Crippen LogP contribution in [-0.4, -0.2) is 53.4 Å². The summed E-state index contributed by atoms with van der Waals surface area (Å²) in [7, 11) is -4.09. The molecule has 0 spiro atoms. The number of ether oxygens (including phenoxy) is 1. The molecule has 2 heterocycles. The van der Waals surface area contributed by atoms with Crippen LogP contribution in [0.3, 0.4) is 0 Å². The normalized spacial score (nSPS) is 18.6. The molecule has 3 aromatic carbocycles. The van der Waals surface area contributed by atoms with Crippen LogP contribution in [0.4, 0.5) is 11.4 Å². The van der Waals surface area contributed by atoms with Crippen molar-refractivity contribution >= 4 is 71.3 Å². The first-order valence-corrected chi connectivity index (χ1v) is 16.1. The molecule has 13 heteroatoms. The molecule has 0 fully saturated rings. The van der Waals surface area contributed by atoms with E-state index in [1.54, 1.807) is 11.8 Å². The fourth-order valence-corrected chi connectivity index (χ4v) is 6.89. The van der Waals surface area contributed by atoms with Crippen molar-refractivity contribution in [3.63, 3.8) is 0 Å². The molecular weight excluding hydrogens is 616 g/mol. The van der Waals surface area contributed by atoms with Gasteiger partial charge in [-0.25, -0.2) is 0 Å². The number of thioether (sulfide) groups is 1. The minimum atomic E-state index is -4.09. The first-order chi connectivity index (χ1) is 18.2. The maximum atomic E-state index is 11.4. The van der Waals surface area contributed by atoms with Gasteiger partial charge in [0.25, 0.3) is 10.1 Å². The Morgan fingerprint density at radius 3 is 2.74 bits per heavy atom. The summed E-state index contributed by atoms with van der Waals surface area (Å²) in [6.45, 7) is 1.01. The molecule has 0 bridgehead atoms. The highest BCUT2D eigenvalue weighted by Gasteiger charge is 2.33. The molecule has 2 aliphatic rings. The first kappa shape index (κ1) is 27.4. The average Bonchev–Trinajstić information content (AvgIpc) is 3.38. The minimum absolute atomic E-state index is 0.111. The van der Waals surface area contributed by atoms with Gasteiger partial charge in [-0.05, 0) is 42.5 Å². The largest absolute Gasteiger partial charge is 0.465 e. The molecule has 38 heavy (non-hydrogen) atoms. The van der Waals surface area contributed by atoms with E-state index >= 15 is 0 Å². The lowest BCUT2D eigenvalue weighted by atomic mass is 10.1. The Morgan fingerprint density at radius 2 is 1.95 bits per heavy atom. The third-order valence-corrected chi connectivity index (χ3v) is 8.98. The molecule has 0 radical (unpaired) electrons. The number of benzene rings is 3. The number of fused-ring (bicyclic) bond motifs is 4. The van der Waals surface area contributed by atoms with Crippen molar-refractivity contribution in [1.29, 1.82) is 0 Å². The van der Waals surface area contributed by atoms with Gasteiger partial charge in [0.1, 0.15) is 5.75 Å². The second-order valence-electron chi connectivity index (χ2n) is 8.74. The van der Waals surface area contributed by atoms with Gasteiger partial charge in [-0.3, -0.25) is 13.3 Å². The molecule has 2 N–H and O–H groups in total. The standard InChI is InChI=1S/C25H25BrN2O7S3/c26-18-8-9-21-20(15-18)27(11-3-13-34-37(29)30)23(35-21)16-24-28(12-4-14-38(31,32)33)25-19-6-2-1-5-17(19)7-10-22(25)36-24/h1-2,5-10,15-16,23H,3-4,11-14H2,(H,29,30)(H,31,32,33). The Balaban J connectivity index is 1.48. The fourth-order valence-electron chi connectivity index (χ4n) is 4.63. The smallest absolute Gasteiger partial charge is 0.301 e. The van der Waals surface area contributed by atoms with Gasteiger partial charge < -0.3 is 14.5 Å². The maximum Gasteiger partial charge on any atom is 0.301 e. The predicted molar refractivity (Wildman–Crippen MR) is 154 cm³/mol. The number of anilines is 2. The molecule has 2 atom stereocenters. The molecule has 9 nitrogen and oxygen atoms in total. The van der Waals surface area contributed by atoms with Crippen molar-refractivity contribution in [3.05, 3.63) is 70.2 Å². The summed E-state index contributed by atoms with van der Waals surface area (Å²) in [5, 5.41) is 3.02. The Hall–Kier alpha value is -2.13. The van der Waals surface area contributed by atoms with Gasteiger partial charge >= 0.3 is 11.4 Å². The van der Waals surface area contributed by atoms with E-state index < -0.39 is 27.7 Å². The zero-order valence-corrected chi connectivity index (χ0v) is 24.1. The number of rotatable bonds is 10. The van der Waals surface area contributed by atoms with Crippen LogP contribution >= 0.6 is 27.7 Å². The Labute approximate surface area is 236 Å². The third-order valence-electron chi connectivity index (χ3n) is 6.20. The van der Waals surface area contributed by atoms with E-state index in [0.29, 0.717) is 25.3 Å². The molecule has 2 unspecified atom stereocenters. The van der Waals surface area contributed by atoms with Gasteiger partial charge in [0.05, 0.1) is 28.8 Å². The van der Waals surface area contributed by atoms with E-state index in [-0.39, 0.29) is 18.8 Å². The molecular formula is C25H25BrN2O7S3. The van der Waals surface area contributed by atoms with Gasteiger partial charge in [-0.15, -0.1) is 0 Å². The van der Waals surface area contributed by atoms with Crippen LogP contribution < -0.4 is 14.5 Å². The molecule has 0 saturated carbocycles. The lowest BCUT2D eigenvalue weighted by Crippen LogP contribution is -2.35.